The van der Waals surface area contributed by atoms with Crippen molar-refractivity contribution in [2.45, 2.75) is 19.5 Å². The van der Waals surface area contributed by atoms with Crippen molar-refractivity contribution in [1.29, 1.82) is 0 Å². The van der Waals surface area contributed by atoms with E-state index in [4.69, 9.17) is 0 Å². The van der Waals surface area contributed by atoms with Crippen LogP contribution in [0.2, 0.25) is 0 Å². The van der Waals surface area contributed by atoms with E-state index in [1.54, 1.807) is 18.5 Å². The Hall–Kier alpha value is -3.85. The van der Waals surface area contributed by atoms with Crippen LogP contribution in [0.25, 0.3) is 22.3 Å². The van der Waals surface area contributed by atoms with Crippen LogP contribution in [0.15, 0.2) is 53.7 Å². The quantitative estimate of drug-likeness (QED) is 0.400. The van der Waals surface area contributed by atoms with Crippen molar-refractivity contribution in [3.63, 3.8) is 0 Å². The number of nitro groups is 1. The van der Waals surface area contributed by atoms with E-state index in [0.717, 1.165) is 22.3 Å². The number of hydrogen-bond donors (Lipinski definition) is 2. The molecule has 30 heavy (non-hydrogen) atoms. The van der Waals surface area contributed by atoms with Crippen LogP contribution < -0.4 is 5.56 Å². The highest BCUT2D eigenvalue weighted by Crippen LogP contribution is 2.30. The van der Waals surface area contributed by atoms with Crippen LogP contribution in [0, 0.1) is 10.1 Å². The van der Waals surface area contributed by atoms with Gasteiger partial charge in [0.1, 0.15) is 5.82 Å². The highest BCUT2D eigenvalue weighted by Gasteiger charge is 2.24. The molecule has 1 aliphatic heterocycles. The average Bonchev–Trinajstić information content (AvgIpc) is 3.17. The largest absolute Gasteiger partial charge is 0.361 e. The molecule has 0 saturated heterocycles. The minimum atomic E-state index is -0.361. The van der Waals surface area contributed by atoms with Crippen molar-refractivity contribution in [2.24, 2.45) is 0 Å². The fourth-order valence-electron chi connectivity index (χ4n) is 4.02. The molecule has 9 nitrogen and oxygen atoms in total. The summed E-state index contributed by atoms with van der Waals surface area (Å²) in [5.41, 5.74) is 3.78. The van der Waals surface area contributed by atoms with E-state index in [9.17, 15) is 14.9 Å². The molecule has 4 aromatic rings. The average molecular weight is 402 g/mol. The molecule has 0 amide bonds. The van der Waals surface area contributed by atoms with Gasteiger partial charge in [0.25, 0.3) is 11.2 Å². The second-order valence-electron chi connectivity index (χ2n) is 7.31. The van der Waals surface area contributed by atoms with E-state index >= 15 is 0 Å². The third kappa shape index (κ3) is 3.15. The summed E-state index contributed by atoms with van der Waals surface area (Å²) in [6.07, 6.45) is 5.78. The molecule has 2 N–H and O–H groups in total. The van der Waals surface area contributed by atoms with Gasteiger partial charge < -0.3 is 9.97 Å². The van der Waals surface area contributed by atoms with Crippen LogP contribution in [0.5, 0.6) is 0 Å². The van der Waals surface area contributed by atoms with Gasteiger partial charge in [0, 0.05) is 56.3 Å². The number of H-pyrrole nitrogens is 2. The van der Waals surface area contributed by atoms with Gasteiger partial charge in [-0.1, -0.05) is 6.07 Å². The minimum absolute atomic E-state index is 0.0858. The maximum atomic E-state index is 12.7. The lowest BCUT2D eigenvalue weighted by Crippen LogP contribution is -2.35. The van der Waals surface area contributed by atoms with Crippen molar-refractivity contribution in [1.82, 2.24) is 24.8 Å². The second-order valence-corrected chi connectivity index (χ2v) is 7.31. The topological polar surface area (TPSA) is 121 Å². The first kappa shape index (κ1) is 18.2. The van der Waals surface area contributed by atoms with Gasteiger partial charge >= 0.3 is 0 Å². The molecule has 150 valence electrons. The van der Waals surface area contributed by atoms with E-state index in [1.807, 2.05) is 24.4 Å². The number of fused-ring (bicyclic) bond motifs is 2. The number of rotatable bonds is 4. The van der Waals surface area contributed by atoms with Crippen LogP contribution in [0.1, 0.15) is 16.8 Å². The molecule has 4 heterocycles. The Kier molecular flexibility index (Phi) is 4.36. The summed E-state index contributed by atoms with van der Waals surface area (Å²) in [5.74, 6) is 0.543. The molecule has 3 aromatic heterocycles. The second kappa shape index (κ2) is 7.20. The SMILES string of the molecule is O=c1[nH]c(-c2ccncc2)nc2c1CN(Cc1c[nH]c3cccc([N+](=O)[O-])c13)CC2. The lowest BCUT2D eigenvalue weighted by atomic mass is 10.0. The predicted octanol–water partition coefficient (Wildman–Crippen LogP) is 2.78. The smallest absolute Gasteiger partial charge is 0.279 e. The van der Waals surface area contributed by atoms with Gasteiger partial charge in [-0.25, -0.2) is 4.98 Å². The lowest BCUT2D eigenvalue weighted by molar-refractivity contribution is -0.383. The standard InChI is InChI=1S/C21H18N6O3/c28-21-15-12-26(9-6-16(15)24-20(25-21)13-4-7-22-8-5-13)11-14-10-23-17-2-1-3-18(19(14)17)27(29)30/h1-5,7-8,10,23H,6,9,11-12H2,(H,24,25,28). The Bertz CT molecular complexity index is 1310. The molecule has 0 aliphatic carbocycles. The van der Waals surface area contributed by atoms with Crippen LogP contribution >= 0.6 is 0 Å². The number of aromatic amines is 2. The number of pyridine rings is 1. The summed E-state index contributed by atoms with van der Waals surface area (Å²) >= 11 is 0. The molecule has 1 aromatic carbocycles. The summed E-state index contributed by atoms with van der Waals surface area (Å²) in [6.45, 7) is 1.67. The first-order valence-corrected chi connectivity index (χ1v) is 9.58. The Labute approximate surface area is 170 Å². The van der Waals surface area contributed by atoms with E-state index < -0.39 is 0 Å². The lowest BCUT2D eigenvalue weighted by Gasteiger charge is -2.27. The normalized spacial score (nSPS) is 14.0. The van der Waals surface area contributed by atoms with Crippen LogP contribution in [0.4, 0.5) is 5.69 Å². The van der Waals surface area contributed by atoms with E-state index in [1.165, 1.54) is 6.07 Å². The van der Waals surface area contributed by atoms with E-state index in [2.05, 4.69) is 24.8 Å². The summed E-state index contributed by atoms with van der Waals surface area (Å²) in [6, 6.07) is 8.63. The first-order chi connectivity index (χ1) is 14.6. The number of non-ortho nitro benzene ring substituents is 1. The molecule has 0 radical (unpaired) electrons. The molecule has 1 aliphatic rings. The van der Waals surface area contributed by atoms with Gasteiger partial charge in [-0.3, -0.25) is 24.8 Å². The fraction of sp³-hybridized carbons (Fsp3) is 0.190. The van der Waals surface area contributed by atoms with Crippen LogP contribution in [0.3, 0.4) is 0 Å². The number of aromatic nitrogens is 4. The molecular weight excluding hydrogens is 384 g/mol. The summed E-state index contributed by atoms with van der Waals surface area (Å²) in [5, 5.41) is 12.1. The number of hydrogen-bond acceptors (Lipinski definition) is 6. The van der Waals surface area contributed by atoms with E-state index in [0.29, 0.717) is 42.8 Å². The van der Waals surface area contributed by atoms with Crippen molar-refractivity contribution < 1.29 is 4.92 Å². The summed E-state index contributed by atoms with van der Waals surface area (Å²) < 4.78 is 0. The van der Waals surface area contributed by atoms with Crippen molar-refractivity contribution in [2.75, 3.05) is 6.54 Å². The number of nitrogens with zero attached hydrogens (tertiary/aromatic N) is 4. The van der Waals surface area contributed by atoms with Gasteiger partial charge in [0.2, 0.25) is 0 Å². The fourth-order valence-corrected chi connectivity index (χ4v) is 4.02. The Morgan fingerprint density at radius 1 is 1.20 bits per heavy atom. The molecule has 9 heteroatoms. The minimum Gasteiger partial charge on any atom is -0.361 e. The number of nitro benzene ring substituents is 1. The van der Waals surface area contributed by atoms with Crippen molar-refractivity contribution >= 4 is 16.6 Å². The monoisotopic (exact) mass is 402 g/mol. The third-order valence-electron chi connectivity index (χ3n) is 5.46. The predicted molar refractivity (Wildman–Crippen MR) is 111 cm³/mol. The maximum Gasteiger partial charge on any atom is 0.279 e. The van der Waals surface area contributed by atoms with Crippen LogP contribution in [-0.4, -0.2) is 36.3 Å². The molecule has 0 spiro atoms. The van der Waals surface area contributed by atoms with Gasteiger partial charge in [0.15, 0.2) is 0 Å². The zero-order valence-electron chi connectivity index (χ0n) is 16.0. The molecule has 0 atom stereocenters. The highest BCUT2D eigenvalue weighted by molar-refractivity contribution is 5.91. The zero-order valence-corrected chi connectivity index (χ0v) is 16.0. The zero-order chi connectivity index (χ0) is 20.7. The molecule has 5 rings (SSSR count). The maximum absolute atomic E-state index is 12.7. The van der Waals surface area contributed by atoms with E-state index in [-0.39, 0.29) is 16.2 Å². The van der Waals surface area contributed by atoms with Gasteiger partial charge in [-0.05, 0) is 23.8 Å². The van der Waals surface area contributed by atoms with Gasteiger partial charge in [-0.15, -0.1) is 0 Å². The first-order valence-electron chi connectivity index (χ1n) is 9.58. The van der Waals surface area contributed by atoms with Crippen molar-refractivity contribution in [3.05, 3.63) is 86.2 Å². The Morgan fingerprint density at radius 3 is 2.83 bits per heavy atom. The molecule has 0 fully saturated rings. The Balaban J connectivity index is 1.44. The number of nitrogens with one attached hydrogen (secondary N) is 2. The Morgan fingerprint density at radius 2 is 2.03 bits per heavy atom. The highest BCUT2D eigenvalue weighted by atomic mass is 16.6. The van der Waals surface area contributed by atoms with Gasteiger partial charge in [-0.2, -0.15) is 0 Å². The summed E-state index contributed by atoms with van der Waals surface area (Å²) in [4.78, 5) is 40.6. The number of benzene rings is 1. The molecule has 0 bridgehead atoms. The molecular formula is C21H18N6O3. The van der Waals surface area contributed by atoms with Gasteiger partial charge in [0.05, 0.1) is 27.1 Å². The third-order valence-corrected chi connectivity index (χ3v) is 5.46. The molecule has 0 unspecified atom stereocenters. The molecule has 0 saturated carbocycles. The summed E-state index contributed by atoms with van der Waals surface area (Å²) in [7, 11) is 0. The van der Waals surface area contributed by atoms with Crippen molar-refractivity contribution in [3.8, 4) is 11.4 Å². The van der Waals surface area contributed by atoms with Crippen LogP contribution in [-0.2, 0) is 19.5 Å².